The highest BCUT2D eigenvalue weighted by Crippen LogP contribution is 2.36. The lowest BCUT2D eigenvalue weighted by molar-refractivity contribution is -0.118. The van der Waals surface area contributed by atoms with Crippen LogP contribution in [0.25, 0.3) is 0 Å². The number of benzene rings is 2. The molecule has 0 fully saturated rings. The van der Waals surface area contributed by atoms with Crippen molar-refractivity contribution < 1.29 is 14.6 Å². The third-order valence-corrected chi connectivity index (χ3v) is 4.97. The van der Waals surface area contributed by atoms with E-state index in [1.54, 1.807) is 23.9 Å². The second-order valence-corrected chi connectivity index (χ2v) is 7.35. The standard InChI is InChI=1S/C19H21N3O3S/c1-19(9-10-26-18(20)22-19)13-3-2-4-16(11-13)25-12-17(24)21-14-5-7-15(23)8-6-14/h2-8,11,23H,9-10,12H2,1H3,(H2,20,22)(H,21,24). The Balaban J connectivity index is 1.63. The van der Waals surface area contributed by atoms with Gasteiger partial charge in [-0.3, -0.25) is 9.79 Å². The number of carbonyl (C=O) groups excluding carboxylic acids is 1. The number of phenolic OH excluding ortho intramolecular Hbond substituents is 1. The molecule has 1 unspecified atom stereocenters. The zero-order valence-electron chi connectivity index (χ0n) is 14.4. The van der Waals surface area contributed by atoms with Gasteiger partial charge < -0.3 is 20.9 Å². The van der Waals surface area contributed by atoms with Crippen LogP contribution < -0.4 is 15.8 Å². The van der Waals surface area contributed by atoms with Crippen molar-refractivity contribution in [2.24, 2.45) is 10.7 Å². The summed E-state index contributed by atoms with van der Waals surface area (Å²) >= 11 is 1.56. The van der Waals surface area contributed by atoms with Crippen LogP contribution in [0.4, 0.5) is 5.69 Å². The van der Waals surface area contributed by atoms with Crippen LogP contribution in [0, 0.1) is 0 Å². The van der Waals surface area contributed by atoms with Crippen molar-refractivity contribution in [1.29, 1.82) is 0 Å². The van der Waals surface area contributed by atoms with E-state index >= 15 is 0 Å². The number of hydrogen-bond donors (Lipinski definition) is 3. The second kappa shape index (κ2) is 7.70. The van der Waals surface area contributed by atoms with Gasteiger partial charge in [-0.2, -0.15) is 0 Å². The Morgan fingerprint density at radius 3 is 2.85 bits per heavy atom. The number of carbonyl (C=O) groups is 1. The maximum atomic E-state index is 12.0. The molecule has 6 nitrogen and oxygen atoms in total. The molecule has 0 aromatic heterocycles. The molecule has 0 radical (unpaired) electrons. The molecule has 0 saturated heterocycles. The van der Waals surface area contributed by atoms with Gasteiger partial charge in [0.1, 0.15) is 11.5 Å². The summed E-state index contributed by atoms with van der Waals surface area (Å²) < 4.78 is 5.62. The smallest absolute Gasteiger partial charge is 0.262 e. The highest BCUT2D eigenvalue weighted by atomic mass is 32.2. The first-order chi connectivity index (χ1) is 12.4. The van der Waals surface area contributed by atoms with Crippen molar-refractivity contribution in [2.45, 2.75) is 18.9 Å². The monoisotopic (exact) mass is 371 g/mol. The van der Waals surface area contributed by atoms with Crippen LogP contribution in [0.1, 0.15) is 18.9 Å². The fraction of sp³-hybridized carbons (Fsp3) is 0.263. The Bertz CT molecular complexity index is 823. The molecule has 1 amide bonds. The Labute approximate surface area is 156 Å². The number of hydrogen-bond acceptors (Lipinski definition) is 6. The first-order valence-corrected chi connectivity index (χ1v) is 9.23. The number of amides is 1. The van der Waals surface area contributed by atoms with Crippen LogP contribution in [0.15, 0.2) is 53.5 Å². The number of amidine groups is 1. The molecule has 1 heterocycles. The lowest BCUT2D eigenvalue weighted by atomic mass is 9.90. The van der Waals surface area contributed by atoms with E-state index < -0.39 is 0 Å². The number of nitrogens with zero attached hydrogens (tertiary/aromatic N) is 1. The first kappa shape index (κ1) is 18.1. The fourth-order valence-corrected chi connectivity index (χ4v) is 3.68. The molecule has 0 saturated carbocycles. The number of anilines is 1. The molecule has 1 atom stereocenters. The summed E-state index contributed by atoms with van der Waals surface area (Å²) in [4.78, 5) is 16.6. The molecule has 0 spiro atoms. The van der Waals surface area contributed by atoms with Crippen LogP contribution in [-0.4, -0.2) is 28.5 Å². The molecule has 0 bridgehead atoms. The Kier molecular flexibility index (Phi) is 5.37. The molecule has 1 aliphatic rings. The lowest BCUT2D eigenvalue weighted by Gasteiger charge is -2.30. The SMILES string of the molecule is CC1(c2cccc(OCC(=O)Nc3ccc(O)cc3)c2)CCSC(N)=N1. The summed E-state index contributed by atoms with van der Waals surface area (Å²) in [7, 11) is 0. The van der Waals surface area contributed by atoms with E-state index in [9.17, 15) is 9.90 Å². The molecule has 0 aliphatic carbocycles. The average Bonchev–Trinajstić information content (AvgIpc) is 2.62. The maximum absolute atomic E-state index is 12.0. The van der Waals surface area contributed by atoms with E-state index in [1.807, 2.05) is 24.3 Å². The van der Waals surface area contributed by atoms with E-state index in [4.69, 9.17) is 10.5 Å². The third-order valence-electron chi connectivity index (χ3n) is 4.17. The topological polar surface area (TPSA) is 96.9 Å². The minimum absolute atomic E-state index is 0.109. The van der Waals surface area contributed by atoms with Gasteiger partial charge in [-0.25, -0.2) is 0 Å². The summed E-state index contributed by atoms with van der Waals surface area (Å²) in [6.07, 6.45) is 0.892. The minimum Gasteiger partial charge on any atom is -0.508 e. The number of ether oxygens (including phenoxy) is 1. The van der Waals surface area contributed by atoms with Gasteiger partial charge >= 0.3 is 0 Å². The van der Waals surface area contributed by atoms with Crippen LogP contribution in [0.5, 0.6) is 11.5 Å². The molecule has 26 heavy (non-hydrogen) atoms. The molecule has 4 N–H and O–H groups in total. The summed E-state index contributed by atoms with van der Waals surface area (Å²) in [6, 6.07) is 13.9. The van der Waals surface area contributed by atoms with Crippen LogP contribution in [-0.2, 0) is 10.3 Å². The summed E-state index contributed by atoms with van der Waals surface area (Å²) in [6.45, 7) is 1.94. The molecule has 1 aliphatic heterocycles. The van der Waals surface area contributed by atoms with E-state index in [0.717, 1.165) is 17.7 Å². The van der Waals surface area contributed by atoms with Crippen LogP contribution >= 0.6 is 11.8 Å². The summed E-state index contributed by atoms with van der Waals surface area (Å²) in [5.74, 6) is 1.40. The van der Waals surface area contributed by atoms with Crippen molar-refractivity contribution in [3.05, 3.63) is 54.1 Å². The van der Waals surface area contributed by atoms with E-state index in [2.05, 4.69) is 17.2 Å². The Morgan fingerprint density at radius 2 is 2.12 bits per heavy atom. The molecule has 2 aromatic carbocycles. The minimum atomic E-state index is -0.372. The maximum Gasteiger partial charge on any atom is 0.262 e. The molecular formula is C19H21N3O3S. The molecule has 7 heteroatoms. The lowest BCUT2D eigenvalue weighted by Crippen LogP contribution is -2.28. The van der Waals surface area contributed by atoms with Crippen molar-refractivity contribution in [2.75, 3.05) is 17.7 Å². The van der Waals surface area contributed by atoms with Gasteiger partial charge in [-0.15, -0.1) is 0 Å². The highest BCUT2D eigenvalue weighted by molar-refractivity contribution is 8.13. The van der Waals surface area contributed by atoms with Crippen molar-refractivity contribution in [3.8, 4) is 11.5 Å². The zero-order valence-corrected chi connectivity index (χ0v) is 15.3. The number of aliphatic imine (C=N–C) groups is 1. The van der Waals surface area contributed by atoms with Gasteiger partial charge in [0.15, 0.2) is 11.8 Å². The summed E-state index contributed by atoms with van der Waals surface area (Å²) in [5.41, 5.74) is 7.12. The predicted octanol–water partition coefficient (Wildman–Crippen LogP) is 3.08. The normalized spacial score (nSPS) is 19.5. The number of nitrogens with two attached hydrogens (primary N) is 1. The molecular weight excluding hydrogens is 350 g/mol. The van der Waals surface area contributed by atoms with Crippen molar-refractivity contribution in [1.82, 2.24) is 0 Å². The molecule has 2 aromatic rings. The number of rotatable bonds is 5. The van der Waals surface area contributed by atoms with Gasteiger partial charge in [-0.1, -0.05) is 23.9 Å². The summed E-state index contributed by atoms with van der Waals surface area (Å²) in [5, 5.41) is 12.6. The van der Waals surface area contributed by atoms with Gasteiger partial charge in [0, 0.05) is 11.4 Å². The largest absolute Gasteiger partial charge is 0.508 e. The second-order valence-electron chi connectivity index (χ2n) is 6.23. The average molecular weight is 371 g/mol. The fourth-order valence-electron chi connectivity index (χ4n) is 2.71. The number of thioether (sulfide) groups is 1. The van der Waals surface area contributed by atoms with Gasteiger partial charge in [0.2, 0.25) is 0 Å². The third kappa shape index (κ3) is 4.49. The Morgan fingerprint density at radius 1 is 1.35 bits per heavy atom. The zero-order chi connectivity index (χ0) is 18.6. The number of aromatic hydroxyl groups is 1. The van der Waals surface area contributed by atoms with Crippen LogP contribution in [0.3, 0.4) is 0 Å². The first-order valence-electron chi connectivity index (χ1n) is 8.25. The predicted molar refractivity (Wildman–Crippen MR) is 105 cm³/mol. The molecule has 3 rings (SSSR count). The van der Waals surface area contributed by atoms with Crippen molar-refractivity contribution in [3.63, 3.8) is 0 Å². The highest BCUT2D eigenvalue weighted by Gasteiger charge is 2.29. The van der Waals surface area contributed by atoms with E-state index in [0.29, 0.717) is 16.6 Å². The van der Waals surface area contributed by atoms with Gasteiger partial charge in [0.25, 0.3) is 5.91 Å². The van der Waals surface area contributed by atoms with E-state index in [-0.39, 0.29) is 23.8 Å². The van der Waals surface area contributed by atoms with Gasteiger partial charge in [-0.05, 0) is 55.3 Å². The van der Waals surface area contributed by atoms with Crippen LogP contribution in [0.2, 0.25) is 0 Å². The van der Waals surface area contributed by atoms with Gasteiger partial charge in [0.05, 0.1) is 5.54 Å². The molecule has 136 valence electrons. The van der Waals surface area contributed by atoms with E-state index in [1.165, 1.54) is 12.1 Å². The Hall–Kier alpha value is -2.67. The van der Waals surface area contributed by atoms with Crippen molar-refractivity contribution >= 4 is 28.5 Å². The quantitative estimate of drug-likeness (QED) is 0.702. The number of nitrogens with one attached hydrogen (secondary N) is 1. The number of phenols is 1.